The van der Waals surface area contributed by atoms with Crippen molar-refractivity contribution in [3.05, 3.63) is 47.3 Å². The maximum Gasteiger partial charge on any atom is 0.330 e. The molecule has 0 aliphatic carbocycles. The summed E-state index contributed by atoms with van der Waals surface area (Å²) in [6.07, 6.45) is 5.14. The topological polar surface area (TPSA) is 73.0 Å². The molecule has 0 bridgehead atoms. The van der Waals surface area contributed by atoms with E-state index in [0.717, 1.165) is 11.1 Å². The predicted molar refractivity (Wildman–Crippen MR) is 86.9 cm³/mol. The number of fused-ring (bicyclic) bond motifs is 1. The molecule has 7 heteroatoms. The quantitative estimate of drug-likeness (QED) is 0.720. The molecule has 118 valence electrons. The molecular weight excluding hydrogens is 294 g/mol. The third-order valence-corrected chi connectivity index (χ3v) is 3.76. The van der Waals surface area contributed by atoms with E-state index in [1.807, 2.05) is 18.2 Å². The largest absolute Gasteiger partial charge is 0.347 e. The van der Waals surface area contributed by atoms with Crippen molar-refractivity contribution in [2.24, 2.45) is 7.05 Å². The first-order chi connectivity index (χ1) is 11.0. The minimum atomic E-state index is -0.258. The highest BCUT2D eigenvalue weighted by molar-refractivity contribution is 5.81. The molecule has 23 heavy (non-hydrogen) atoms. The summed E-state index contributed by atoms with van der Waals surface area (Å²) in [6, 6.07) is 5.63. The van der Waals surface area contributed by atoms with Crippen molar-refractivity contribution in [3.63, 3.8) is 0 Å². The van der Waals surface area contributed by atoms with Crippen LogP contribution in [0.2, 0.25) is 0 Å². The minimum absolute atomic E-state index is 0.0126. The number of nitrogens with zero attached hydrogens (tertiary/aromatic N) is 5. The molecular formula is C16H17N5O2. The molecule has 3 aromatic heterocycles. The fourth-order valence-electron chi connectivity index (χ4n) is 2.40. The molecule has 0 atom stereocenters. The summed E-state index contributed by atoms with van der Waals surface area (Å²) in [5.74, 6) is -0.147. The van der Waals surface area contributed by atoms with Crippen LogP contribution in [0.4, 0.5) is 0 Å². The van der Waals surface area contributed by atoms with Crippen LogP contribution in [0.25, 0.3) is 22.3 Å². The maximum absolute atomic E-state index is 12.4. The van der Waals surface area contributed by atoms with E-state index >= 15 is 0 Å². The number of aryl methyl sites for hydroxylation is 1. The van der Waals surface area contributed by atoms with Gasteiger partial charge in [0.15, 0.2) is 5.65 Å². The lowest BCUT2D eigenvalue weighted by Crippen LogP contribution is -2.31. The molecule has 0 aliphatic heterocycles. The van der Waals surface area contributed by atoms with Crippen LogP contribution in [0, 0.1) is 0 Å². The van der Waals surface area contributed by atoms with Crippen LogP contribution in [0.5, 0.6) is 0 Å². The Kier molecular flexibility index (Phi) is 3.69. The molecule has 0 unspecified atom stereocenters. The first kappa shape index (κ1) is 15.0. The molecule has 0 saturated carbocycles. The Bertz CT molecular complexity index is 925. The smallest absolute Gasteiger partial charge is 0.330 e. The number of hydrogen-bond acceptors (Lipinski definition) is 4. The molecule has 0 fully saturated rings. The molecule has 0 aromatic carbocycles. The molecule has 3 rings (SSSR count). The Morgan fingerprint density at radius 2 is 2.04 bits per heavy atom. The molecule has 0 saturated heterocycles. The van der Waals surface area contributed by atoms with Gasteiger partial charge in [-0.2, -0.15) is 0 Å². The monoisotopic (exact) mass is 311 g/mol. The lowest BCUT2D eigenvalue weighted by Gasteiger charge is -2.10. The van der Waals surface area contributed by atoms with Crippen LogP contribution >= 0.6 is 0 Å². The number of rotatable bonds is 3. The van der Waals surface area contributed by atoms with Crippen molar-refractivity contribution >= 4 is 17.1 Å². The standard InChI is InChI=1S/C16H17N5O2/c1-19(2)14(22)10-21-13-7-12(11-5-4-6-17-8-11)9-18-15(13)20(3)16(21)23/h4-9H,10H2,1-3H3. The van der Waals surface area contributed by atoms with E-state index < -0.39 is 0 Å². The second-order valence-corrected chi connectivity index (χ2v) is 5.52. The van der Waals surface area contributed by atoms with Gasteiger partial charge in [0.25, 0.3) is 0 Å². The van der Waals surface area contributed by atoms with Gasteiger partial charge >= 0.3 is 5.69 Å². The van der Waals surface area contributed by atoms with Crippen LogP contribution in [0.15, 0.2) is 41.6 Å². The molecule has 7 nitrogen and oxygen atoms in total. The second-order valence-electron chi connectivity index (χ2n) is 5.52. The highest BCUT2D eigenvalue weighted by atomic mass is 16.2. The SMILES string of the molecule is CN(C)C(=O)Cn1c(=O)n(C)c2ncc(-c3cccnc3)cc21. The normalized spacial score (nSPS) is 10.9. The molecule has 0 radical (unpaired) electrons. The van der Waals surface area contributed by atoms with E-state index in [4.69, 9.17) is 0 Å². The van der Waals surface area contributed by atoms with Gasteiger partial charge in [0.1, 0.15) is 6.54 Å². The van der Waals surface area contributed by atoms with E-state index in [-0.39, 0.29) is 18.1 Å². The molecule has 0 N–H and O–H groups in total. The van der Waals surface area contributed by atoms with Crippen molar-refractivity contribution in [1.82, 2.24) is 24.0 Å². The third kappa shape index (κ3) is 2.61. The third-order valence-electron chi connectivity index (χ3n) is 3.76. The van der Waals surface area contributed by atoms with Gasteiger partial charge in [-0.3, -0.25) is 18.9 Å². The van der Waals surface area contributed by atoms with E-state index in [2.05, 4.69) is 9.97 Å². The highest BCUT2D eigenvalue weighted by Crippen LogP contribution is 2.21. The van der Waals surface area contributed by atoms with Crippen LogP contribution in [-0.2, 0) is 18.4 Å². The Balaban J connectivity index is 2.17. The van der Waals surface area contributed by atoms with Crippen molar-refractivity contribution in [3.8, 4) is 11.1 Å². The van der Waals surface area contributed by atoms with Gasteiger partial charge in [0, 0.05) is 50.9 Å². The predicted octanol–water partition coefficient (Wildman–Crippen LogP) is 0.885. The summed E-state index contributed by atoms with van der Waals surface area (Å²) in [4.78, 5) is 34.3. The zero-order valence-electron chi connectivity index (χ0n) is 13.2. The molecule has 0 spiro atoms. The van der Waals surface area contributed by atoms with Gasteiger partial charge in [-0.05, 0) is 12.1 Å². The van der Waals surface area contributed by atoms with Crippen LogP contribution in [0.3, 0.4) is 0 Å². The maximum atomic E-state index is 12.4. The van der Waals surface area contributed by atoms with Crippen molar-refractivity contribution in [1.29, 1.82) is 0 Å². The summed E-state index contributed by atoms with van der Waals surface area (Å²) < 4.78 is 2.90. The average Bonchev–Trinajstić information content (AvgIpc) is 2.80. The highest BCUT2D eigenvalue weighted by Gasteiger charge is 2.16. The zero-order valence-corrected chi connectivity index (χ0v) is 13.2. The number of aromatic nitrogens is 4. The number of pyridine rings is 2. The fraction of sp³-hybridized carbons (Fsp3) is 0.250. The fourth-order valence-corrected chi connectivity index (χ4v) is 2.40. The lowest BCUT2D eigenvalue weighted by atomic mass is 10.1. The Labute approximate surface area is 132 Å². The molecule has 0 aliphatic rings. The van der Waals surface area contributed by atoms with Crippen molar-refractivity contribution in [2.75, 3.05) is 14.1 Å². The summed E-state index contributed by atoms with van der Waals surface area (Å²) in [6.45, 7) is -0.0126. The minimum Gasteiger partial charge on any atom is -0.347 e. The molecule has 3 heterocycles. The van der Waals surface area contributed by atoms with Crippen molar-refractivity contribution in [2.45, 2.75) is 6.54 Å². The number of imidazole rings is 1. The van der Waals surface area contributed by atoms with Crippen LogP contribution in [0.1, 0.15) is 0 Å². The average molecular weight is 311 g/mol. The number of likely N-dealkylation sites (N-methyl/N-ethyl adjacent to an activating group) is 1. The van der Waals surface area contributed by atoms with Crippen molar-refractivity contribution < 1.29 is 4.79 Å². The number of amides is 1. The Morgan fingerprint density at radius 3 is 2.70 bits per heavy atom. The van der Waals surface area contributed by atoms with Gasteiger partial charge in [-0.15, -0.1) is 0 Å². The van der Waals surface area contributed by atoms with E-state index in [9.17, 15) is 9.59 Å². The summed E-state index contributed by atoms with van der Waals surface area (Å²) >= 11 is 0. The van der Waals surface area contributed by atoms with Gasteiger partial charge in [-0.25, -0.2) is 9.78 Å². The molecule has 1 amide bonds. The Hall–Kier alpha value is -2.96. The molecule has 3 aromatic rings. The first-order valence-corrected chi connectivity index (χ1v) is 7.15. The van der Waals surface area contributed by atoms with Gasteiger partial charge < -0.3 is 4.90 Å². The van der Waals surface area contributed by atoms with Crippen LogP contribution in [-0.4, -0.2) is 44.0 Å². The summed E-state index contributed by atoms with van der Waals surface area (Å²) in [5, 5.41) is 0. The number of carbonyl (C=O) groups excluding carboxylic acids is 1. The second kappa shape index (κ2) is 5.68. The number of hydrogen-bond donors (Lipinski definition) is 0. The Morgan fingerprint density at radius 1 is 1.26 bits per heavy atom. The summed E-state index contributed by atoms with van der Waals surface area (Å²) in [5.41, 5.74) is 2.68. The zero-order chi connectivity index (χ0) is 16.6. The van der Waals surface area contributed by atoms with E-state index in [1.54, 1.807) is 39.7 Å². The summed E-state index contributed by atoms with van der Waals surface area (Å²) in [7, 11) is 4.98. The van der Waals surface area contributed by atoms with E-state index in [0.29, 0.717) is 11.2 Å². The van der Waals surface area contributed by atoms with Gasteiger partial charge in [0.05, 0.1) is 5.52 Å². The lowest BCUT2D eigenvalue weighted by molar-refractivity contribution is -0.129. The van der Waals surface area contributed by atoms with E-state index in [1.165, 1.54) is 14.0 Å². The number of carbonyl (C=O) groups is 1. The van der Waals surface area contributed by atoms with Gasteiger partial charge in [0.2, 0.25) is 5.91 Å². The first-order valence-electron chi connectivity index (χ1n) is 7.15. The van der Waals surface area contributed by atoms with Gasteiger partial charge in [-0.1, -0.05) is 6.07 Å². The van der Waals surface area contributed by atoms with Crippen LogP contribution < -0.4 is 5.69 Å².